The van der Waals surface area contributed by atoms with Gasteiger partial charge in [-0.25, -0.2) is 18.4 Å². The SMILES string of the molecule is Fc1ccc(Cn2ncc3cccnc32)c(F)c1. The van der Waals surface area contributed by atoms with Crippen LogP contribution in [0.3, 0.4) is 0 Å². The summed E-state index contributed by atoms with van der Waals surface area (Å²) in [4.78, 5) is 4.19. The lowest BCUT2D eigenvalue weighted by Gasteiger charge is -2.04. The first-order valence-electron chi connectivity index (χ1n) is 5.44. The van der Waals surface area contributed by atoms with Crippen molar-refractivity contribution in [3.05, 3.63) is 59.9 Å². The lowest BCUT2D eigenvalue weighted by atomic mass is 10.2. The minimum atomic E-state index is -0.584. The summed E-state index contributed by atoms with van der Waals surface area (Å²) >= 11 is 0. The smallest absolute Gasteiger partial charge is 0.158 e. The fourth-order valence-corrected chi connectivity index (χ4v) is 1.84. The number of hydrogen-bond donors (Lipinski definition) is 0. The first-order chi connectivity index (χ1) is 8.74. The first kappa shape index (κ1) is 10.8. The average Bonchev–Trinajstić information content (AvgIpc) is 2.76. The van der Waals surface area contributed by atoms with E-state index in [9.17, 15) is 8.78 Å². The van der Waals surface area contributed by atoms with Gasteiger partial charge in [0.2, 0.25) is 0 Å². The maximum Gasteiger partial charge on any atom is 0.158 e. The number of fused-ring (bicyclic) bond motifs is 1. The Bertz CT molecular complexity index is 706. The second-order valence-electron chi connectivity index (χ2n) is 3.95. The van der Waals surface area contributed by atoms with Crippen LogP contribution in [0.2, 0.25) is 0 Å². The van der Waals surface area contributed by atoms with Crippen LogP contribution >= 0.6 is 0 Å². The first-order valence-corrected chi connectivity index (χ1v) is 5.44. The lowest BCUT2D eigenvalue weighted by molar-refractivity contribution is 0.560. The highest BCUT2D eigenvalue weighted by Gasteiger charge is 2.08. The molecule has 0 spiro atoms. The number of pyridine rings is 1. The van der Waals surface area contributed by atoms with E-state index in [2.05, 4.69) is 10.1 Å². The fourth-order valence-electron chi connectivity index (χ4n) is 1.84. The highest BCUT2D eigenvalue weighted by Crippen LogP contribution is 2.14. The minimum absolute atomic E-state index is 0.229. The topological polar surface area (TPSA) is 30.7 Å². The van der Waals surface area contributed by atoms with Crippen LogP contribution in [0.1, 0.15) is 5.56 Å². The van der Waals surface area contributed by atoms with Gasteiger partial charge < -0.3 is 0 Å². The van der Waals surface area contributed by atoms with Crippen molar-refractivity contribution in [2.24, 2.45) is 0 Å². The summed E-state index contributed by atoms with van der Waals surface area (Å²) in [5.41, 5.74) is 1.06. The summed E-state index contributed by atoms with van der Waals surface area (Å²) in [6.45, 7) is 0.229. The van der Waals surface area contributed by atoms with E-state index in [0.717, 1.165) is 11.5 Å². The third-order valence-corrected chi connectivity index (χ3v) is 2.73. The summed E-state index contributed by atoms with van der Waals surface area (Å²) in [7, 11) is 0. The van der Waals surface area contributed by atoms with E-state index in [1.54, 1.807) is 17.1 Å². The molecular weight excluding hydrogens is 236 g/mol. The van der Waals surface area contributed by atoms with Crippen molar-refractivity contribution in [3.63, 3.8) is 0 Å². The third-order valence-electron chi connectivity index (χ3n) is 2.73. The Morgan fingerprint density at radius 1 is 1.17 bits per heavy atom. The van der Waals surface area contributed by atoms with Crippen LogP contribution in [0.4, 0.5) is 8.78 Å². The quantitative estimate of drug-likeness (QED) is 0.695. The van der Waals surface area contributed by atoms with E-state index in [0.29, 0.717) is 11.2 Å². The molecule has 0 saturated heterocycles. The maximum absolute atomic E-state index is 13.5. The highest BCUT2D eigenvalue weighted by atomic mass is 19.1. The van der Waals surface area contributed by atoms with Gasteiger partial charge in [-0.15, -0.1) is 0 Å². The average molecular weight is 245 g/mol. The molecule has 3 rings (SSSR count). The van der Waals surface area contributed by atoms with Gasteiger partial charge in [0.05, 0.1) is 12.7 Å². The standard InChI is InChI=1S/C13H9F2N3/c14-11-4-3-10(12(15)6-11)8-18-13-9(7-17-18)2-1-5-16-13/h1-7H,8H2. The second kappa shape index (κ2) is 4.18. The van der Waals surface area contributed by atoms with Crippen LogP contribution in [-0.2, 0) is 6.54 Å². The van der Waals surface area contributed by atoms with Gasteiger partial charge in [-0.3, -0.25) is 0 Å². The van der Waals surface area contributed by atoms with Crippen molar-refractivity contribution in [1.29, 1.82) is 0 Å². The zero-order valence-electron chi connectivity index (χ0n) is 9.35. The van der Waals surface area contributed by atoms with Crippen LogP contribution in [0.25, 0.3) is 11.0 Å². The Morgan fingerprint density at radius 2 is 2.06 bits per heavy atom. The van der Waals surface area contributed by atoms with Gasteiger partial charge in [0.1, 0.15) is 11.6 Å². The number of halogens is 2. The molecule has 3 aromatic rings. The van der Waals surface area contributed by atoms with E-state index in [1.807, 2.05) is 12.1 Å². The molecule has 0 amide bonds. The summed E-state index contributed by atoms with van der Waals surface area (Å²) < 4.78 is 27.9. The molecule has 2 aromatic heterocycles. The molecular formula is C13H9F2N3. The molecule has 1 aromatic carbocycles. The number of rotatable bonds is 2. The predicted molar refractivity (Wildman–Crippen MR) is 63.0 cm³/mol. The largest absolute Gasteiger partial charge is 0.243 e. The molecule has 0 atom stereocenters. The van der Waals surface area contributed by atoms with E-state index in [-0.39, 0.29) is 6.54 Å². The van der Waals surface area contributed by atoms with Gasteiger partial charge in [0, 0.05) is 23.2 Å². The molecule has 0 N–H and O–H groups in total. The summed E-state index contributed by atoms with van der Waals surface area (Å²) in [5.74, 6) is -1.16. The molecule has 0 saturated carbocycles. The van der Waals surface area contributed by atoms with Crippen molar-refractivity contribution in [1.82, 2.24) is 14.8 Å². The second-order valence-corrected chi connectivity index (χ2v) is 3.95. The normalized spacial score (nSPS) is 11.0. The van der Waals surface area contributed by atoms with Gasteiger partial charge >= 0.3 is 0 Å². The van der Waals surface area contributed by atoms with Crippen molar-refractivity contribution in [2.75, 3.05) is 0 Å². The van der Waals surface area contributed by atoms with Crippen LogP contribution in [0, 0.1) is 11.6 Å². The maximum atomic E-state index is 13.5. The van der Waals surface area contributed by atoms with Gasteiger partial charge in [0.15, 0.2) is 5.65 Å². The fraction of sp³-hybridized carbons (Fsp3) is 0.0769. The van der Waals surface area contributed by atoms with Crippen molar-refractivity contribution in [2.45, 2.75) is 6.54 Å². The highest BCUT2D eigenvalue weighted by molar-refractivity contribution is 5.73. The number of aromatic nitrogens is 3. The molecule has 0 aliphatic heterocycles. The van der Waals surface area contributed by atoms with Crippen molar-refractivity contribution in [3.8, 4) is 0 Å². The zero-order chi connectivity index (χ0) is 12.5. The zero-order valence-corrected chi connectivity index (χ0v) is 9.35. The van der Waals surface area contributed by atoms with Crippen LogP contribution in [0.15, 0.2) is 42.7 Å². The molecule has 0 bridgehead atoms. The van der Waals surface area contributed by atoms with Crippen molar-refractivity contribution >= 4 is 11.0 Å². The molecule has 0 unspecified atom stereocenters. The van der Waals surface area contributed by atoms with E-state index >= 15 is 0 Å². The van der Waals surface area contributed by atoms with Gasteiger partial charge in [0.25, 0.3) is 0 Å². The number of nitrogens with zero attached hydrogens (tertiary/aromatic N) is 3. The lowest BCUT2D eigenvalue weighted by Crippen LogP contribution is -2.04. The van der Waals surface area contributed by atoms with Gasteiger partial charge in [-0.1, -0.05) is 6.07 Å². The number of benzene rings is 1. The van der Waals surface area contributed by atoms with E-state index < -0.39 is 11.6 Å². The van der Waals surface area contributed by atoms with Crippen LogP contribution in [0.5, 0.6) is 0 Å². The Kier molecular flexibility index (Phi) is 2.51. The van der Waals surface area contributed by atoms with E-state index in [4.69, 9.17) is 0 Å². The van der Waals surface area contributed by atoms with Crippen LogP contribution < -0.4 is 0 Å². The van der Waals surface area contributed by atoms with Gasteiger partial charge in [-0.05, 0) is 18.2 Å². The molecule has 5 heteroatoms. The van der Waals surface area contributed by atoms with Gasteiger partial charge in [-0.2, -0.15) is 5.10 Å². The molecule has 0 fully saturated rings. The predicted octanol–water partition coefficient (Wildman–Crippen LogP) is 2.76. The van der Waals surface area contributed by atoms with Crippen molar-refractivity contribution < 1.29 is 8.78 Å². The third kappa shape index (κ3) is 1.84. The number of hydrogen-bond acceptors (Lipinski definition) is 2. The molecule has 3 nitrogen and oxygen atoms in total. The van der Waals surface area contributed by atoms with Crippen LogP contribution in [-0.4, -0.2) is 14.8 Å². The Morgan fingerprint density at radius 3 is 2.89 bits per heavy atom. The summed E-state index contributed by atoms with van der Waals surface area (Å²) in [6.07, 6.45) is 3.32. The molecule has 2 heterocycles. The molecule has 0 radical (unpaired) electrons. The minimum Gasteiger partial charge on any atom is -0.243 e. The monoisotopic (exact) mass is 245 g/mol. The molecule has 0 aliphatic rings. The summed E-state index contributed by atoms with van der Waals surface area (Å²) in [5, 5.41) is 5.04. The molecule has 18 heavy (non-hydrogen) atoms. The molecule has 90 valence electrons. The Labute approximate surface area is 102 Å². The molecule has 0 aliphatic carbocycles. The van der Waals surface area contributed by atoms with E-state index in [1.165, 1.54) is 12.1 Å². The Balaban J connectivity index is 2.01. The Hall–Kier alpha value is -2.30. The summed E-state index contributed by atoms with van der Waals surface area (Å²) in [6, 6.07) is 7.22.